The first-order valence-corrected chi connectivity index (χ1v) is 8.07. The lowest BCUT2D eigenvalue weighted by molar-refractivity contribution is -0.384. The lowest BCUT2D eigenvalue weighted by Crippen LogP contribution is -1.88. The number of rotatable bonds is 2. The van der Waals surface area contributed by atoms with E-state index in [0.29, 0.717) is 5.58 Å². The quantitative estimate of drug-likeness (QED) is 0.238. The van der Waals surface area contributed by atoms with E-state index in [-0.39, 0.29) is 10.6 Å². The number of hydrogen-bond donors (Lipinski definition) is 0. The van der Waals surface area contributed by atoms with Gasteiger partial charge >= 0.3 is 0 Å². The molecule has 0 amide bonds. The van der Waals surface area contributed by atoms with Gasteiger partial charge in [0.2, 0.25) is 0 Å². The topological polar surface area (TPSA) is 56.3 Å². The maximum Gasteiger partial charge on any atom is 0.271 e. The van der Waals surface area contributed by atoms with Gasteiger partial charge in [0, 0.05) is 22.9 Å². The third kappa shape index (κ3) is 2.37. The number of benzene rings is 3. The molecule has 0 radical (unpaired) electrons. The Morgan fingerprint density at radius 2 is 1.70 bits per heavy atom. The zero-order chi connectivity index (χ0) is 16.0. The maximum absolute atomic E-state index is 11.1. The number of nitrogens with zero attached hydrogens (tertiary/aromatic N) is 1. The summed E-state index contributed by atoms with van der Waals surface area (Å²) in [5.74, 6) is 0. The van der Waals surface area contributed by atoms with Crippen LogP contribution in [-0.2, 0) is 0 Å². The second-order valence-corrected chi connectivity index (χ2v) is 6.40. The molecule has 0 spiro atoms. The molecule has 112 valence electrons. The van der Waals surface area contributed by atoms with E-state index < -0.39 is 0 Å². The van der Waals surface area contributed by atoms with Crippen LogP contribution in [0.2, 0.25) is 0 Å². The first kappa shape index (κ1) is 14.2. The van der Waals surface area contributed by atoms with Crippen molar-refractivity contribution >= 4 is 50.2 Å². The number of furan rings is 1. The largest absolute Gasteiger partial charge is 0.455 e. The molecule has 0 aliphatic heterocycles. The van der Waals surface area contributed by atoms with Gasteiger partial charge in [-0.2, -0.15) is 0 Å². The lowest BCUT2D eigenvalue weighted by atomic mass is 10.0. The fraction of sp³-hybridized carbons (Fsp3) is 0. The van der Waals surface area contributed by atoms with Crippen LogP contribution in [0.3, 0.4) is 0 Å². The molecule has 4 aromatic rings. The van der Waals surface area contributed by atoms with Crippen molar-refractivity contribution in [3.63, 3.8) is 0 Å². The molecule has 4 nitrogen and oxygen atoms in total. The van der Waals surface area contributed by atoms with Gasteiger partial charge in [0.05, 0.1) is 8.49 Å². The van der Waals surface area contributed by atoms with Crippen molar-refractivity contribution in [2.45, 2.75) is 0 Å². The first-order valence-electron chi connectivity index (χ1n) is 6.99. The van der Waals surface area contributed by atoms with E-state index in [4.69, 9.17) is 4.42 Å². The molecular weight excluding hydrogens is 405 g/mol. The Balaban J connectivity index is 1.99. The third-order valence-corrected chi connectivity index (χ3v) is 4.63. The van der Waals surface area contributed by atoms with Gasteiger partial charge in [-0.25, -0.2) is 0 Å². The Kier molecular flexibility index (Phi) is 3.30. The van der Waals surface area contributed by atoms with Crippen LogP contribution in [0.4, 0.5) is 5.69 Å². The van der Waals surface area contributed by atoms with Crippen LogP contribution in [-0.4, -0.2) is 4.92 Å². The van der Waals surface area contributed by atoms with Gasteiger partial charge in [0.25, 0.3) is 5.69 Å². The van der Waals surface area contributed by atoms with Crippen molar-refractivity contribution in [3.05, 3.63) is 74.3 Å². The van der Waals surface area contributed by atoms with Crippen molar-refractivity contribution in [1.29, 1.82) is 0 Å². The van der Waals surface area contributed by atoms with Gasteiger partial charge < -0.3 is 4.42 Å². The molecule has 0 saturated heterocycles. The summed E-state index contributed by atoms with van der Waals surface area (Å²) in [5.41, 5.74) is 3.67. The molecule has 0 fully saturated rings. The van der Waals surface area contributed by atoms with Gasteiger partial charge in [-0.3, -0.25) is 10.1 Å². The summed E-state index contributed by atoms with van der Waals surface area (Å²) >= 11 is 2.07. The summed E-state index contributed by atoms with van der Waals surface area (Å²) < 4.78 is 6.69. The Morgan fingerprint density at radius 1 is 0.913 bits per heavy atom. The van der Waals surface area contributed by atoms with E-state index >= 15 is 0 Å². The number of fused-ring (bicyclic) bond motifs is 3. The maximum atomic E-state index is 11.1. The molecule has 4 rings (SSSR count). The third-order valence-electron chi connectivity index (χ3n) is 3.83. The highest BCUT2D eigenvalue weighted by Crippen LogP contribution is 2.36. The molecular formula is C18H10INO3. The summed E-state index contributed by atoms with van der Waals surface area (Å²) in [6.07, 6.45) is 0. The SMILES string of the molecule is O=[N+]([O-])c1cc(I)c2oc3cc(-c4ccccc4)ccc3c2c1. The zero-order valence-corrected chi connectivity index (χ0v) is 14.0. The number of hydrogen-bond acceptors (Lipinski definition) is 3. The van der Waals surface area contributed by atoms with Gasteiger partial charge in [-0.1, -0.05) is 36.4 Å². The standard InChI is InChI=1S/C18H10INO3/c19-16-10-13(20(21)22)9-15-14-7-6-12(8-17(14)23-18(15)16)11-4-2-1-3-5-11/h1-10H. The molecule has 0 bridgehead atoms. The van der Waals surface area contributed by atoms with Crippen molar-refractivity contribution in [1.82, 2.24) is 0 Å². The number of halogens is 1. The summed E-state index contributed by atoms with van der Waals surface area (Å²) in [7, 11) is 0. The Morgan fingerprint density at radius 3 is 2.43 bits per heavy atom. The van der Waals surface area contributed by atoms with Crippen molar-refractivity contribution in [2.24, 2.45) is 0 Å². The van der Waals surface area contributed by atoms with Gasteiger partial charge in [-0.15, -0.1) is 0 Å². The number of nitro benzene ring substituents is 1. The van der Waals surface area contributed by atoms with Crippen LogP contribution in [0.1, 0.15) is 0 Å². The summed E-state index contributed by atoms with van der Waals surface area (Å²) in [6, 6.07) is 19.1. The lowest BCUT2D eigenvalue weighted by Gasteiger charge is -2.00. The highest BCUT2D eigenvalue weighted by molar-refractivity contribution is 14.1. The monoisotopic (exact) mass is 415 g/mol. The Labute approximate surface area is 145 Å². The summed E-state index contributed by atoms with van der Waals surface area (Å²) in [5, 5.41) is 12.7. The average molecular weight is 415 g/mol. The molecule has 0 aliphatic carbocycles. The normalized spacial score (nSPS) is 11.2. The molecule has 0 aliphatic rings. The summed E-state index contributed by atoms with van der Waals surface area (Å²) in [4.78, 5) is 10.7. The van der Waals surface area contributed by atoms with Crippen molar-refractivity contribution in [2.75, 3.05) is 0 Å². The zero-order valence-electron chi connectivity index (χ0n) is 11.8. The Hall–Kier alpha value is -2.41. The van der Waals surface area contributed by atoms with Gasteiger partial charge in [-0.05, 0) is 45.9 Å². The summed E-state index contributed by atoms with van der Waals surface area (Å²) in [6.45, 7) is 0. The number of non-ortho nitro benzene ring substituents is 1. The Bertz CT molecular complexity index is 1050. The van der Waals surface area contributed by atoms with E-state index in [1.54, 1.807) is 6.07 Å². The van der Waals surface area contributed by atoms with E-state index in [1.165, 1.54) is 6.07 Å². The molecule has 5 heteroatoms. The fourth-order valence-electron chi connectivity index (χ4n) is 2.74. The first-order chi connectivity index (χ1) is 11.1. The second-order valence-electron chi connectivity index (χ2n) is 5.24. The van der Waals surface area contributed by atoms with Crippen molar-refractivity contribution < 1.29 is 9.34 Å². The van der Waals surface area contributed by atoms with E-state index in [2.05, 4.69) is 22.6 Å². The minimum absolute atomic E-state index is 0.0803. The van der Waals surface area contributed by atoms with Crippen LogP contribution in [0, 0.1) is 13.7 Å². The van der Waals surface area contributed by atoms with E-state index in [9.17, 15) is 10.1 Å². The predicted octanol–water partition coefficient (Wildman–Crippen LogP) is 5.77. The molecule has 0 atom stereocenters. The minimum Gasteiger partial charge on any atom is -0.455 e. The molecule has 0 unspecified atom stereocenters. The second kappa shape index (κ2) is 5.34. The predicted molar refractivity (Wildman–Crippen MR) is 98.5 cm³/mol. The van der Waals surface area contributed by atoms with E-state index in [1.807, 2.05) is 48.5 Å². The van der Waals surface area contributed by atoms with Crippen LogP contribution in [0.15, 0.2) is 65.1 Å². The van der Waals surface area contributed by atoms with Crippen LogP contribution in [0.5, 0.6) is 0 Å². The highest BCUT2D eigenvalue weighted by atomic mass is 127. The minimum atomic E-state index is -0.376. The molecule has 0 N–H and O–H groups in total. The van der Waals surface area contributed by atoms with Gasteiger partial charge in [0.15, 0.2) is 0 Å². The van der Waals surface area contributed by atoms with E-state index in [0.717, 1.165) is 31.1 Å². The van der Waals surface area contributed by atoms with Gasteiger partial charge in [0.1, 0.15) is 11.2 Å². The van der Waals surface area contributed by atoms with Crippen LogP contribution < -0.4 is 0 Å². The molecule has 23 heavy (non-hydrogen) atoms. The molecule has 0 saturated carbocycles. The van der Waals surface area contributed by atoms with Crippen molar-refractivity contribution in [3.8, 4) is 11.1 Å². The number of nitro groups is 1. The van der Waals surface area contributed by atoms with Crippen LogP contribution >= 0.6 is 22.6 Å². The smallest absolute Gasteiger partial charge is 0.271 e. The molecule has 1 aromatic heterocycles. The molecule has 3 aromatic carbocycles. The highest BCUT2D eigenvalue weighted by Gasteiger charge is 2.16. The molecule has 1 heterocycles. The van der Waals surface area contributed by atoms with Crippen LogP contribution in [0.25, 0.3) is 33.1 Å². The fourth-order valence-corrected chi connectivity index (χ4v) is 3.46. The average Bonchev–Trinajstić information content (AvgIpc) is 2.94.